The Morgan fingerprint density at radius 2 is 2.12 bits per heavy atom. The van der Waals surface area contributed by atoms with E-state index in [-0.39, 0.29) is 5.56 Å². The van der Waals surface area contributed by atoms with E-state index in [0.29, 0.717) is 0 Å². The number of rotatable bonds is 3. The molecule has 0 N–H and O–H groups in total. The molecule has 0 aliphatic carbocycles. The minimum Gasteiger partial charge on any atom is -0.396 e. The molecule has 1 aromatic heterocycles. The van der Waals surface area contributed by atoms with Crippen molar-refractivity contribution in [3.05, 3.63) is 27.6 Å². The topological polar surface area (TPSA) is 65.3 Å². The van der Waals surface area contributed by atoms with Crippen LogP contribution in [0.2, 0.25) is 0 Å². The molecule has 0 bridgehead atoms. The van der Waals surface area contributed by atoms with Gasteiger partial charge in [-0.05, 0) is 6.92 Å². The van der Waals surface area contributed by atoms with Crippen LogP contribution in [0.15, 0.2) is 6.20 Å². The largest absolute Gasteiger partial charge is 0.573 e. The van der Waals surface area contributed by atoms with Gasteiger partial charge >= 0.3 is 12.0 Å². The first-order chi connectivity index (χ1) is 7.76. The summed E-state index contributed by atoms with van der Waals surface area (Å²) in [5.41, 5.74) is -1.85. The molecule has 5 nitrogen and oxygen atoms in total. The average molecular weight is 254 g/mol. The second kappa shape index (κ2) is 4.52. The third-order valence-electron chi connectivity index (χ3n) is 1.79. The zero-order valence-electron chi connectivity index (χ0n) is 8.42. The number of hydrogen-bond acceptors (Lipinski definition) is 4. The Bertz CT molecular complexity index is 447. The summed E-state index contributed by atoms with van der Waals surface area (Å²) in [4.78, 5) is 12.9. The molecule has 1 rings (SSSR count). The smallest absolute Gasteiger partial charge is 0.396 e. The lowest BCUT2D eigenvalue weighted by Crippen LogP contribution is -2.19. The fraction of sp³-hybridized carbons (Fsp3) is 0.375. The van der Waals surface area contributed by atoms with E-state index in [0.717, 1.165) is 6.20 Å². The van der Waals surface area contributed by atoms with E-state index in [1.54, 1.807) is 0 Å². The molecule has 0 saturated heterocycles. The number of halogens is 4. The molecule has 0 saturated carbocycles. The molecule has 94 valence electrons. The maximum atomic E-state index is 12.4. The van der Waals surface area contributed by atoms with Gasteiger partial charge in [0, 0.05) is 11.8 Å². The standard InChI is InChI=1S/C8H6F4N2O3/c1-4-3-13-5(2-9)7(6(4)14(15)16)17-8(10,11)12/h3H,2H2,1H3. The van der Waals surface area contributed by atoms with E-state index >= 15 is 0 Å². The van der Waals surface area contributed by atoms with Crippen LogP contribution in [0, 0.1) is 17.0 Å². The van der Waals surface area contributed by atoms with E-state index in [1.807, 2.05) is 0 Å². The van der Waals surface area contributed by atoms with Gasteiger partial charge in [-0.15, -0.1) is 13.2 Å². The number of ether oxygens (including phenoxy) is 1. The summed E-state index contributed by atoms with van der Waals surface area (Å²) >= 11 is 0. The Morgan fingerprint density at radius 3 is 2.53 bits per heavy atom. The van der Waals surface area contributed by atoms with Crippen LogP contribution >= 0.6 is 0 Å². The molecule has 0 amide bonds. The van der Waals surface area contributed by atoms with Crippen molar-refractivity contribution in [1.82, 2.24) is 4.98 Å². The Kier molecular flexibility index (Phi) is 3.49. The number of nitro groups is 1. The van der Waals surface area contributed by atoms with Crippen molar-refractivity contribution in [1.29, 1.82) is 0 Å². The highest BCUT2D eigenvalue weighted by molar-refractivity contribution is 5.53. The Labute approximate surface area is 92.2 Å². The third kappa shape index (κ3) is 3.02. The zero-order valence-corrected chi connectivity index (χ0v) is 8.42. The second-order valence-corrected chi connectivity index (χ2v) is 3.00. The summed E-state index contributed by atoms with van der Waals surface area (Å²) in [5.74, 6) is -1.20. The maximum Gasteiger partial charge on any atom is 0.573 e. The van der Waals surface area contributed by atoms with Crippen molar-refractivity contribution in [2.45, 2.75) is 20.0 Å². The Hall–Kier alpha value is -1.93. The van der Waals surface area contributed by atoms with Gasteiger partial charge in [-0.3, -0.25) is 15.1 Å². The van der Waals surface area contributed by atoms with Crippen molar-refractivity contribution in [2.24, 2.45) is 0 Å². The molecular weight excluding hydrogens is 248 g/mol. The minimum absolute atomic E-state index is 0.147. The van der Waals surface area contributed by atoms with Crippen LogP contribution < -0.4 is 4.74 Å². The fourth-order valence-electron chi connectivity index (χ4n) is 1.16. The van der Waals surface area contributed by atoms with E-state index in [9.17, 15) is 27.7 Å². The highest BCUT2D eigenvalue weighted by Crippen LogP contribution is 2.36. The van der Waals surface area contributed by atoms with Gasteiger partial charge in [0.2, 0.25) is 5.75 Å². The highest BCUT2D eigenvalue weighted by Gasteiger charge is 2.37. The van der Waals surface area contributed by atoms with Crippen LogP contribution in [-0.2, 0) is 6.67 Å². The maximum absolute atomic E-state index is 12.4. The van der Waals surface area contributed by atoms with E-state index < -0.39 is 35.1 Å². The van der Waals surface area contributed by atoms with Crippen LogP contribution in [0.4, 0.5) is 23.2 Å². The number of alkyl halides is 4. The van der Waals surface area contributed by atoms with Gasteiger partial charge in [0.05, 0.1) is 4.92 Å². The molecule has 0 fully saturated rings. The van der Waals surface area contributed by atoms with Crippen LogP contribution in [0.5, 0.6) is 5.75 Å². The third-order valence-corrected chi connectivity index (χ3v) is 1.79. The van der Waals surface area contributed by atoms with Gasteiger partial charge < -0.3 is 4.74 Å². The molecule has 17 heavy (non-hydrogen) atoms. The first kappa shape index (κ1) is 13.1. The van der Waals surface area contributed by atoms with Crippen LogP contribution in [0.25, 0.3) is 0 Å². The van der Waals surface area contributed by atoms with Crippen LogP contribution in [0.1, 0.15) is 11.3 Å². The van der Waals surface area contributed by atoms with Crippen molar-refractivity contribution in [2.75, 3.05) is 0 Å². The Balaban J connectivity index is 3.40. The number of aryl methyl sites for hydroxylation is 1. The van der Waals surface area contributed by atoms with Crippen molar-refractivity contribution in [3.63, 3.8) is 0 Å². The second-order valence-electron chi connectivity index (χ2n) is 3.00. The molecule has 0 atom stereocenters. The number of hydrogen-bond donors (Lipinski definition) is 0. The summed E-state index contributed by atoms with van der Waals surface area (Å²) in [6.45, 7) is -0.219. The lowest BCUT2D eigenvalue weighted by atomic mass is 10.2. The monoisotopic (exact) mass is 254 g/mol. The van der Waals surface area contributed by atoms with Gasteiger partial charge in [0.15, 0.2) is 0 Å². The zero-order chi connectivity index (χ0) is 13.2. The molecule has 1 aromatic rings. The summed E-state index contributed by atoms with van der Waals surface area (Å²) in [5, 5.41) is 10.6. The highest BCUT2D eigenvalue weighted by atomic mass is 19.4. The molecule has 9 heteroatoms. The lowest BCUT2D eigenvalue weighted by Gasteiger charge is -2.12. The number of nitrogens with zero attached hydrogens (tertiary/aromatic N) is 2. The Morgan fingerprint density at radius 1 is 1.53 bits per heavy atom. The summed E-state index contributed by atoms with van der Waals surface area (Å²) in [6.07, 6.45) is -4.24. The predicted molar refractivity (Wildman–Crippen MR) is 47.1 cm³/mol. The first-order valence-corrected chi connectivity index (χ1v) is 4.21. The summed E-state index contributed by atoms with van der Waals surface area (Å²) < 4.78 is 52.0. The van der Waals surface area contributed by atoms with Crippen molar-refractivity contribution in [3.8, 4) is 5.75 Å². The fourth-order valence-corrected chi connectivity index (χ4v) is 1.16. The van der Waals surface area contributed by atoms with E-state index in [4.69, 9.17) is 0 Å². The molecule has 0 spiro atoms. The molecular formula is C8H6F4N2O3. The van der Waals surface area contributed by atoms with Crippen LogP contribution in [0.3, 0.4) is 0 Å². The lowest BCUT2D eigenvalue weighted by molar-refractivity contribution is -0.389. The quantitative estimate of drug-likeness (QED) is 0.472. The van der Waals surface area contributed by atoms with E-state index in [1.165, 1.54) is 6.92 Å². The number of pyridine rings is 1. The summed E-state index contributed by atoms with van der Waals surface area (Å²) in [6, 6.07) is 0. The van der Waals surface area contributed by atoms with Crippen molar-refractivity contribution < 1.29 is 27.2 Å². The van der Waals surface area contributed by atoms with Gasteiger partial charge in [0.25, 0.3) is 0 Å². The molecule has 0 radical (unpaired) electrons. The normalized spacial score (nSPS) is 11.4. The molecule has 0 unspecified atom stereocenters. The van der Waals surface area contributed by atoms with Crippen molar-refractivity contribution >= 4 is 5.69 Å². The summed E-state index contributed by atoms with van der Waals surface area (Å²) in [7, 11) is 0. The first-order valence-electron chi connectivity index (χ1n) is 4.21. The van der Waals surface area contributed by atoms with Gasteiger partial charge in [0.1, 0.15) is 12.4 Å². The van der Waals surface area contributed by atoms with E-state index in [2.05, 4.69) is 9.72 Å². The van der Waals surface area contributed by atoms with Gasteiger partial charge in [-0.25, -0.2) is 4.39 Å². The molecule has 0 aliphatic heterocycles. The molecule has 1 heterocycles. The molecule has 0 aliphatic rings. The SMILES string of the molecule is Cc1cnc(CF)c(OC(F)(F)F)c1[N+](=O)[O-]. The van der Waals surface area contributed by atoms with Gasteiger partial charge in [-0.1, -0.05) is 0 Å². The average Bonchev–Trinajstić information content (AvgIpc) is 2.15. The minimum atomic E-state index is -5.15. The molecule has 0 aromatic carbocycles. The predicted octanol–water partition coefficient (Wildman–Crippen LogP) is 2.67. The number of aromatic nitrogens is 1. The van der Waals surface area contributed by atoms with Crippen LogP contribution in [-0.4, -0.2) is 16.3 Å². The van der Waals surface area contributed by atoms with Gasteiger partial charge in [-0.2, -0.15) is 0 Å².